The van der Waals surface area contributed by atoms with Crippen LogP contribution in [-0.2, 0) is 4.79 Å². The zero-order valence-corrected chi connectivity index (χ0v) is 14.7. The van der Waals surface area contributed by atoms with E-state index in [1.807, 2.05) is 13.0 Å². The summed E-state index contributed by atoms with van der Waals surface area (Å²) in [7, 11) is 0. The normalized spacial score (nSPS) is 11.8. The van der Waals surface area contributed by atoms with Crippen LogP contribution in [-0.4, -0.2) is 39.2 Å². The highest BCUT2D eigenvalue weighted by Crippen LogP contribution is 2.18. The molecule has 0 radical (unpaired) electrons. The molecule has 1 atom stereocenters. The lowest BCUT2D eigenvalue weighted by Crippen LogP contribution is -2.34. The average Bonchev–Trinajstić information content (AvgIpc) is 2.51. The number of H-pyrrole nitrogens is 1. The number of anilines is 1. The molecule has 2 rings (SSSR count). The first-order valence-corrected chi connectivity index (χ1v) is 8.50. The molecule has 8 heteroatoms. The van der Waals surface area contributed by atoms with Crippen LogP contribution in [0.4, 0.5) is 5.69 Å². The zero-order valence-electron chi connectivity index (χ0n) is 13.9. The maximum atomic E-state index is 12.1. The van der Waals surface area contributed by atoms with Crippen molar-refractivity contribution in [1.29, 1.82) is 0 Å². The minimum Gasteiger partial charge on any atom is -0.383 e. The van der Waals surface area contributed by atoms with Crippen molar-refractivity contribution < 1.29 is 4.79 Å². The second-order valence-corrected chi connectivity index (χ2v) is 6.69. The van der Waals surface area contributed by atoms with Crippen LogP contribution in [0.5, 0.6) is 0 Å². The van der Waals surface area contributed by atoms with Crippen LogP contribution >= 0.6 is 11.8 Å². The molecule has 0 saturated carbocycles. The van der Waals surface area contributed by atoms with Crippen molar-refractivity contribution in [2.75, 3.05) is 18.4 Å². The minimum atomic E-state index is -0.349. The van der Waals surface area contributed by atoms with E-state index < -0.39 is 0 Å². The Labute approximate surface area is 144 Å². The van der Waals surface area contributed by atoms with Gasteiger partial charge in [-0.3, -0.25) is 14.6 Å². The number of nitrogens with zero attached hydrogens (tertiary/aromatic N) is 2. The molecule has 0 aromatic carbocycles. The van der Waals surface area contributed by atoms with Crippen molar-refractivity contribution >= 4 is 23.4 Å². The lowest BCUT2D eigenvalue weighted by atomic mass is 10.2. The monoisotopic (exact) mass is 347 g/mol. The van der Waals surface area contributed by atoms with Crippen LogP contribution in [0.1, 0.15) is 18.2 Å². The Morgan fingerprint density at radius 3 is 2.88 bits per heavy atom. The number of carbonyl (C=O) groups excluding carboxylic acids is 1. The average molecular weight is 347 g/mol. The summed E-state index contributed by atoms with van der Waals surface area (Å²) in [6, 6.07) is 3.32. The summed E-state index contributed by atoms with van der Waals surface area (Å²) in [5.41, 5.74) is 2.48. The van der Waals surface area contributed by atoms with Gasteiger partial charge in [-0.15, -0.1) is 0 Å². The number of pyridine rings is 1. The molecular weight excluding hydrogens is 326 g/mol. The van der Waals surface area contributed by atoms with Gasteiger partial charge in [0.1, 0.15) is 0 Å². The largest absolute Gasteiger partial charge is 0.383 e. The summed E-state index contributed by atoms with van der Waals surface area (Å²) in [6.45, 7) is 6.62. The summed E-state index contributed by atoms with van der Waals surface area (Å²) in [6.07, 6.45) is 3.51. The predicted octanol–water partition coefficient (Wildman–Crippen LogP) is 1.49. The smallest absolute Gasteiger partial charge is 0.251 e. The Balaban J connectivity index is 1.77. The van der Waals surface area contributed by atoms with E-state index in [0.29, 0.717) is 23.9 Å². The predicted molar refractivity (Wildman–Crippen MR) is 95.4 cm³/mol. The maximum Gasteiger partial charge on any atom is 0.251 e. The van der Waals surface area contributed by atoms with Crippen molar-refractivity contribution in [3.8, 4) is 0 Å². The lowest BCUT2D eigenvalue weighted by Gasteiger charge is -2.13. The first-order valence-electron chi connectivity index (χ1n) is 7.62. The van der Waals surface area contributed by atoms with Gasteiger partial charge in [0.15, 0.2) is 5.16 Å². The van der Waals surface area contributed by atoms with E-state index in [1.54, 1.807) is 26.2 Å². The molecule has 2 aromatic rings. The van der Waals surface area contributed by atoms with Gasteiger partial charge in [-0.1, -0.05) is 11.8 Å². The number of hydrogen-bond acceptors (Lipinski definition) is 6. The fourth-order valence-corrected chi connectivity index (χ4v) is 2.91. The number of aromatic amines is 1. The number of hydrogen-bond donors (Lipinski definition) is 3. The van der Waals surface area contributed by atoms with E-state index in [1.165, 1.54) is 17.8 Å². The van der Waals surface area contributed by atoms with E-state index in [9.17, 15) is 9.59 Å². The molecule has 2 heterocycles. The lowest BCUT2D eigenvalue weighted by molar-refractivity contribution is -0.120. The number of rotatable bonds is 7. The molecule has 128 valence electrons. The van der Waals surface area contributed by atoms with Crippen molar-refractivity contribution in [2.24, 2.45) is 0 Å². The molecule has 0 aliphatic rings. The maximum absolute atomic E-state index is 12.1. The van der Waals surface area contributed by atoms with Crippen molar-refractivity contribution in [1.82, 2.24) is 20.3 Å². The van der Waals surface area contributed by atoms with Crippen LogP contribution in [0.25, 0.3) is 0 Å². The van der Waals surface area contributed by atoms with Gasteiger partial charge in [-0.2, -0.15) is 0 Å². The van der Waals surface area contributed by atoms with Gasteiger partial charge in [0.05, 0.1) is 5.25 Å². The van der Waals surface area contributed by atoms with Crippen molar-refractivity contribution in [3.05, 3.63) is 46.1 Å². The van der Waals surface area contributed by atoms with Gasteiger partial charge in [-0.25, -0.2) is 4.98 Å². The molecule has 3 N–H and O–H groups in total. The van der Waals surface area contributed by atoms with Gasteiger partial charge >= 0.3 is 0 Å². The molecule has 24 heavy (non-hydrogen) atoms. The topological polar surface area (TPSA) is 99.8 Å². The summed E-state index contributed by atoms with van der Waals surface area (Å²) in [5.74, 6) is -0.0996. The van der Waals surface area contributed by atoms with Crippen LogP contribution < -0.4 is 16.2 Å². The van der Waals surface area contributed by atoms with E-state index in [2.05, 4.69) is 25.6 Å². The summed E-state index contributed by atoms with van der Waals surface area (Å²) in [4.78, 5) is 34.4. The van der Waals surface area contributed by atoms with Crippen molar-refractivity contribution in [3.63, 3.8) is 0 Å². The Bertz CT molecular complexity index is 762. The molecule has 0 fully saturated rings. The molecule has 1 unspecified atom stereocenters. The van der Waals surface area contributed by atoms with E-state index in [-0.39, 0.29) is 16.7 Å². The third-order valence-corrected chi connectivity index (χ3v) is 4.25. The van der Waals surface area contributed by atoms with Crippen molar-refractivity contribution in [2.45, 2.75) is 31.2 Å². The van der Waals surface area contributed by atoms with Gasteiger partial charge < -0.3 is 15.6 Å². The van der Waals surface area contributed by atoms with Crippen LogP contribution in [0, 0.1) is 13.8 Å². The molecule has 0 aliphatic carbocycles. The highest BCUT2D eigenvalue weighted by atomic mass is 32.2. The first-order chi connectivity index (χ1) is 11.5. The number of carbonyl (C=O) groups is 1. The molecule has 0 saturated heterocycles. The highest BCUT2D eigenvalue weighted by molar-refractivity contribution is 8.00. The molecule has 1 amide bonds. The van der Waals surface area contributed by atoms with Gasteiger partial charge in [-0.05, 0) is 32.4 Å². The quantitative estimate of drug-likeness (QED) is 0.399. The van der Waals surface area contributed by atoms with Gasteiger partial charge in [0.2, 0.25) is 5.91 Å². The second-order valence-electron chi connectivity index (χ2n) is 5.36. The first kappa shape index (κ1) is 18.0. The number of amides is 1. The van der Waals surface area contributed by atoms with Crippen LogP contribution in [0.3, 0.4) is 0 Å². The number of aromatic nitrogens is 3. The fourth-order valence-electron chi connectivity index (χ4n) is 2.03. The Morgan fingerprint density at radius 1 is 1.38 bits per heavy atom. The molecule has 2 aromatic heterocycles. The SMILES string of the molecule is Cc1cc(=O)[nH]c(SC(C)C(=O)NCCNc2ccncc2C)n1. The number of thioether (sulfide) groups is 1. The summed E-state index contributed by atoms with van der Waals surface area (Å²) < 4.78 is 0. The highest BCUT2D eigenvalue weighted by Gasteiger charge is 2.15. The number of nitrogens with one attached hydrogen (secondary N) is 3. The molecule has 0 bridgehead atoms. The van der Waals surface area contributed by atoms with Gasteiger partial charge in [0.25, 0.3) is 5.56 Å². The Hall–Kier alpha value is -2.35. The second kappa shape index (κ2) is 8.49. The molecule has 0 aliphatic heterocycles. The summed E-state index contributed by atoms with van der Waals surface area (Å²) >= 11 is 1.23. The van der Waals surface area contributed by atoms with E-state index in [4.69, 9.17) is 0 Å². The van der Waals surface area contributed by atoms with Crippen LogP contribution in [0.2, 0.25) is 0 Å². The third kappa shape index (κ3) is 5.38. The third-order valence-electron chi connectivity index (χ3n) is 3.27. The Morgan fingerprint density at radius 2 is 2.17 bits per heavy atom. The van der Waals surface area contributed by atoms with Gasteiger partial charge in [0, 0.05) is 42.9 Å². The number of aryl methyl sites for hydroxylation is 2. The molecular formula is C16H21N5O2S. The molecule has 0 spiro atoms. The molecule has 7 nitrogen and oxygen atoms in total. The minimum absolute atomic E-state index is 0.0996. The van der Waals surface area contributed by atoms with Crippen LogP contribution in [0.15, 0.2) is 34.5 Å². The van der Waals surface area contributed by atoms with E-state index >= 15 is 0 Å². The fraction of sp³-hybridized carbons (Fsp3) is 0.375. The zero-order chi connectivity index (χ0) is 17.5. The van der Waals surface area contributed by atoms with E-state index in [0.717, 1.165) is 11.3 Å². The Kier molecular flexibility index (Phi) is 6.36. The summed E-state index contributed by atoms with van der Waals surface area (Å²) in [5, 5.41) is 6.22. The standard InChI is InChI=1S/C16H21N5O2S/c1-10-9-17-5-4-13(10)18-6-7-19-15(23)12(3)24-16-20-11(2)8-14(22)21-16/h4-5,8-9,12H,6-7H2,1-3H3,(H,17,18)(H,19,23)(H,20,21,22).